The highest BCUT2D eigenvalue weighted by molar-refractivity contribution is 6.08. The predicted octanol–water partition coefficient (Wildman–Crippen LogP) is 3.52. The first-order valence-electron chi connectivity index (χ1n) is 6.87. The Morgan fingerprint density at radius 3 is 2.43 bits per heavy atom. The second kappa shape index (κ2) is 6.70. The van der Waals surface area contributed by atoms with Gasteiger partial charge in [-0.1, -0.05) is 25.3 Å². The van der Waals surface area contributed by atoms with E-state index >= 15 is 0 Å². The van der Waals surface area contributed by atoms with E-state index in [2.05, 4.69) is 18.5 Å². The summed E-state index contributed by atoms with van der Waals surface area (Å²) in [5, 5.41) is 12.9. The van der Waals surface area contributed by atoms with Crippen molar-refractivity contribution in [3.05, 3.63) is 60.2 Å². The van der Waals surface area contributed by atoms with Gasteiger partial charge in [0.25, 0.3) is 5.91 Å². The third-order valence-corrected chi connectivity index (χ3v) is 3.43. The molecule has 0 saturated heterocycles. The quantitative estimate of drug-likeness (QED) is 0.582. The maximum atomic E-state index is 12.4. The van der Waals surface area contributed by atoms with E-state index < -0.39 is 5.91 Å². The lowest BCUT2D eigenvalue weighted by atomic mass is 9.99. The molecule has 0 aliphatic heterocycles. The zero-order valence-corrected chi connectivity index (χ0v) is 12.8. The van der Waals surface area contributed by atoms with Gasteiger partial charge in [0.2, 0.25) is 0 Å². The number of methoxy groups -OCH3 is 1. The van der Waals surface area contributed by atoms with E-state index in [1.807, 2.05) is 0 Å². The molecule has 0 spiro atoms. The summed E-state index contributed by atoms with van der Waals surface area (Å²) in [4.78, 5) is 12.4. The molecule has 118 valence electrons. The standard InChI is InChI=1S/C18H18N2O3/c1-4-11-10-15(17(21)16(19)14(11)5-2)18(22)20-12-6-8-13(23-3)9-7-12/h4-10,21H,1-2,19H2,3H3,(H,20,22). The Kier molecular flexibility index (Phi) is 4.71. The topological polar surface area (TPSA) is 84.6 Å². The van der Waals surface area contributed by atoms with E-state index in [-0.39, 0.29) is 17.0 Å². The van der Waals surface area contributed by atoms with E-state index in [9.17, 15) is 9.90 Å². The van der Waals surface area contributed by atoms with Crippen LogP contribution in [-0.2, 0) is 0 Å². The SMILES string of the molecule is C=Cc1cc(C(=O)Nc2ccc(OC)cc2)c(O)c(N)c1C=C. The Hall–Kier alpha value is -3.21. The number of hydrogen-bond acceptors (Lipinski definition) is 4. The van der Waals surface area contributed by atoms with Gasteiger partial charge in [0.1, 0.15) is 5.75 Å². The van der Waals surface area contributed by atoms with Crippen molar-refractivity contribution in [2.75, 3.05) is 18.2 Å². The number of hydrogen-bond donors (Lipinski definition) is 3. The molecule has 0 saturated carbocycles. The zero-order valence-electron chi connectivity index (χ0n) is 12.8. The molecule has 2 aromatic carbocycles. The highest BCUT2D eigenvalue weighted by atomic mass is 16.5. The molecular weight excluding hydrogens is 292 g/mol. The smallest absolute Gasteiger partial charge is 0.259 e. The van der Waals surface area contributed by atoms with Crippen LogP contribution < -0.4 is 15.8 Å². The summed E-state index contributed by atoms with van der Waals surface area (Å²) < 4.78 is 5.06. The number of carbonyl (C=O) groups is 1. The number of benzene rings is 2. The molecule has 0 heterocycles. The number of carbonyl (C=O) groups excluding carboxylic acids is 1. The van der Waals surface area contributed by atoms with Gasteiger partial charge in [-0.25, -0.2) is 0 Å². The Labute approximate surface area is 134 Å². The molecule has 23 heavy (non-hydrogen) atoms. The first-order valence-corrected chi connectivity index (χ1v) is 6.87. The maximum absolute atomic E-state index is 12.4. The van der Waals surface area contributed by atoms with Crippen molar-refractivity contribution < 1.29 is 14.6 Å². The number of rotatable bonds is 5. The van der Waals surface area contributed by atoms with Gasteiger partial charge in [-0.2, -0.15) is 0 Å². The Morgan fingerprint density at radius 1 is 1.26 bits per heavy atom. The Morgan fingerprint density at radius 2 is 1.91 bits per heavy atom. The van der Waals surface area contributed by atoms with Crippen LogP contribution in [0, 0.1) is 0 Å². The van der Waals surface area contributed by atoms with Gasteiger partial charge in [0, 0.05) is 11.3 Å². The summed E-state index contributed by atoms with van der Waals surface area (Å²) in [6.07, 6.45) is 3.06. The molecule has 0 unspecified atom stereocenters. The molecule has 0 aliphatic carbocycles. The van der Waals surface area contributed by atoms with Crippen LogP contribution in [0.3, 0.4) is 0 Å². The lowest BCUT2D eigenvalue weighted by Gasteiger charge is -2.13. The highest BCUT2D eigenvalue weighted by Crippen LogP contribution is 2.33. The average molecular weight is 310 g/mol. The number of anilines is 2. The molecule has 0 fully saturated rings. The van der Waals surface area contributed by atoms with Crippen LogP contribution in [0.4, 0.5) is 11.4 Å². The molecule has 0 aliphatic rings. The summed E-state index contributed by atoms with van der Waals surface area (Å²) in [7, 11) is 1.56. The van der Waals surface area contributed by atoms with E-state index in [4.69, 9.17) is 10.5 Å². The van der Waals surface area contributed by atoms with Crippen molar-refractivity contribution in [3.63, 3.8) is 0 Å². The fourth-order valence-corrected chi connectivity index (χ4v) is 2.17. The van der Waals surface area contributed by atoms with Crippen LogP contribution in [-0.4, -0.2) is 18.1 Å². The summed E-state index contributed by atoms with van der Waals surface area (Å²) in [6, 6.07) is 8.36. The third-order valence-electron chi connectivity index (χ3n) is 3.43. The van der Waals surface area contributed by atoms with E-state index in [1.165, 1.54) is 12.1 Å². The molecule has 5 nitrogen and oxygen atoms in total. The first-order chi connectivity index (χ1) is 11.0. The molecule has 0 radical (unpaired) electrons. The minimum absolute atomic E-state index is 0.0684. The maximum Gasteiger partial charge on any atom is 0.259 e. The molecule has 5 heteroatoms. The number of ether oxygens (including phenoxy) is 1. The van der Waals surface area contributed by atoms with Crippen molar-refractivity contribution in [1.29, 1.82) is 0 Å². The predicted molar refractivity (Wildman–Crippen MR) is 93.6 cm³/mol. The summed E-state index contributed by atoms with van der Waals surface area (Å²) in [5.41, 5.74) is 7.77. The van der Waals surface area contributed by atoms with Crippen molar-refractivity contribution in [1.82, 2.24) is 0 Å². The molecule has 4 N–H and O–H groups in total. The van der Waals surface area contributed by atoms with Gasteiger partial charge >= 0.3 is 0 Å². The number of amides is 1. The highest BCUT2D eigenvalue weighted by Gasteiger charge is 2.18. The number of nitrogens with two attached hydrogens (primary N) is 1. The molecule has 0 bridgehead atoms. The number of phenolic OH excluding ortho intramolecular Hbond substituents is 1. The minimum Gasteiger partial charge on any atom is -0.505 e. The van der Waals surface area contributed by atoms with Crippen molar-refractivity contribution in [2.45, 2.75) is 0 Å². The van der Waals surface area contributed by atoms with Crippen LogP contribution in [0.2, 0.25) is 0 Å². The molecule has 0 aromatic heterocycles. The Balaban J connectivity index is 2.36. The van der Waals surface area contributed by atoms with Crippen LogP contribution >= 0.6 is 0 Å². The molecular formula is C18H18N2O3. The summed E-state index contributed by atoms with van der Waals surface area (Å²) in [5.74, 6) is -0.0750. The zero-order chi connectivity index (χ0) is 17.0. The monoisotopic (exact) mass is 310 g/mol. The van der Waals surface area contributed by atoms with Gasteiger partial charge in [0.05, 0.1) is 18.4 Å². The summed E-state index contributed by atoms with van der Waals surface area (Å²) in [6.45, 7) is 7.33. The van der Waals surface area contributed by atoms with Crippen LogP contribution in [0.15, 0.2) is 43.5 Å². The first kappa shape index (κ1) is 16.2. The lowest BCUT2D eigenvalue weighted by molar-refractivity contribution is 0.102. The van der Waals surface area contributed by atoms with Crippen molar-refractivity contribution in [2.24, 2.45) is 0 Å². The fraction of sp³-hybridized carbons (Fsp3) is 0.0556. The van der Waals surface area contributed by atoms with Crippen LogP contribution in [0.25, 0.3) is 12.2 Å². The third kappa shape index (κ3) is 3.18. The van der Waals surface area contributed by atoms with E-state index in [0.29, 0.717) is 22.6 Å². The van der Waals surface area contributed by atoms with Gasteiger partial charge in [-0.3, -0.25) is 4.79 Å². The van der Waals surface area contributed by atoms with Gasteiger partial charge in [-0.15, -0.1) is 0 Å². The van der Waals surface area contributed by atoms with E-state index in [0.717, 1.165) is 0 Å². The van der Waals surface area contributed by atoms with Crippen molar-refractivity contribution >= 4 is 29.4 Å². The van der Waals surface area contributed by atoms with E-state index in [1.54, 1.807) is 37.5 Å². The largest absolute Gasteiger partial charge is 0.505 e. The number of phenols is 1. The Bertz CT molecular complexity index is 765. The normalized spacial score (nSPS) is 9.96. The van der Waals surface area contributed by atoms with Gasteiger partial charge < -0.3 is 20.9 Å². The second-order valence-electron chi connectivity index (χ2n) is 4.78. The molecule has 0 atom stereocenters. The number of nitrogen functional groups attached to an aromatic ring is 1. The molecule has 2 aromatic rings. The second-order valence-corrected chi connectivity index (χ2v) is 4.78. The van der Waals surface area contributed by atoms with Crippen LogP contribution in [0.5, 0.6) is 11.5 Å². The lowest BCUT2D eigenvalue weighted by Crippen LogP contribution is -2.13. The van der Waals surface area contributed by atoms with Gasteiger partial charge in [-0.05, 0) is 35.9 Å². The average Bonchev–Trinajstić information content (AvgIpc) is 2.57. The fourth-order valence-electron chi connectivity index (χ4n) is 2.17. The summed E-state index contributed by atoms with van der Waals surface area (Å²) >= 11 is 0. The van der Waals surface area contributed by atoms with Gasteiger partial charge in [0.15, 0.2) is 5.75 Å². The minimum atomic E-state index is -0.474. The molecule has 2 rings (SSSR count). The molecule has 1 amide bonds. The number of nitrogens with one attached hydrogen (secondary N) is 1. The van der Waals surface area contributed by atoms with Crippen LogP contribution in [0.1, 0.15) is 21.5 Å². The number of aromatic hydroxyl groups is 1. The van der Waals surface area contributed by atoms with Crippen molar-refractivity contribution in [3.8, 4) is 11.5 Å².